The van der Waals surface area contributed by atoms with E-state index in [1.165, 1.54) is 19.1 Å². The summed E-state index contributed by atoms with van der Waals surface area (Å²) in [7, 11) is 3.03. The van der Waals surface area contributed by atoms with Crippen LogP contribution in [0, 0.1) is 6.92 Å². The molecule has 1 aliphatic rings. The lowest BCUT2D eigenvalue weighted by molar-refractivity contribution is -0.132. The lowest BCUT2D eigenvalue weighted by atomic mass is 9.84. The summed E-state index contributed by atoms with van der Waals surface area (Å²) in [4.78, 5) is 28.7. The first-order valence-corrected chi connectivity index (χ1v) is 13.4. The molecule has 1 fully saturated rings. The summed E-state index contributed by atoms with van der Waals surface area (Å²) in [6.45, 7) is 10.3. The number of Topliss-reactive ketones (excluding diaryl/α,β-unsaturated/α-hetero) is 1. The smallest absolute Gasteiger partial charge is 0.300 e. The molecule has 1 amide bonds. The van der Waals surface area contributed by atoms with Gasteiger partial charge in [0.25, 0.3) is 11.7 Å². The van der Waals surface area contributed by atoms with Crippen LogP contribution in [0.2, 0.25) is 5.02 Å². The van der Waals surface area contributed by atoms with E-state index in [0.717, 1.165) is 11.1 Å². The van der Waals surface area contributed by atoms with Crippen molar-refractivity contribution in [1.29, 1.82) is 0 Å². The minimum Gasteiger partial charge on any atom is -0.507 e. The van der Waals surface area contributed by atoms with Crippen LogP contribution in [-0.2, 0) is 15.0 Å². The van der Waals surface area contributed by atoms with Gasteiger partial charge in [0.2, 0.25) is 0 Å². The molecule has 1 heterocycles. The first-order chi connectivity index (χ1) is 18.9. The standard InChI is InChI=1S/C32H34ClNO6/c1-8-40-24-13-11-20(15-22(24)32(3,4)5)29(35)27-28(19-10-14-25(38-6)26(16-19)39-7)34(31(37)30(27)36)23-17-21(33)12-9-18(23)2/h9-17,28,35H,8H2,1-7H3/b29-27+. The lowest BCUT2D eigenvalue weighted by Gasteiger charge is -2.27. The Bertz CT molecular complexity index is 1500. The zero-order valence-corrected chi connectivity index (χ0v) is 24.6. The van der Waals surface area contributed by atoms with Gasteiger partial charge in [-0.15, -0.1) is 0 Å². The Kier molecular flexibility index (Phi) is 8.17. The van der Waals surface area contributed by atoms with Crippen LogP contribution < -0.4 is 19.1 Å². The van der Waals surface area contributed by atoms with Crippen molar-refractivity contribution < 1.29 is 28.9 Å². The molecular weight excluding hydrogens is 530 g/mol. The number of methoxy groups -OCH3 is 2. The molecule has 1 unspecified atom stereocenters. The number of anilines is 1. The van der Waals surface area contributed by atoms with Crippen LogP contribution in [0.1, 0.15) is 56.0 Å². The predicted molar refractivity (Wildman–Crippen MR) is 157 cm³/mol. The Morgan fingerprint density at radius 2 is 1.62 bits per heavy atom. The van der Waals surface area contributed by atoms with Gasteiger partial charge >= 0.3 is 0 Å². The molecule has 1 atom stereocenters. The van der Waals surface area contributed by atoms with Gasteiger partial charge in [-0.2, -0.15) is 0 Å². The van der Waals surface area contributed by atoms with Crippen molar-refractivity contribution in [3.63, 3.8) is 0 Å². The van der Waals surface area contributed by atoms with Crippen LogP contribution in [-0.4, -0.2) is 37.6 Å². The van der Waals surface area contributed by atoms with E-state index in [2.05, 4.69) is 0 Å². The van der Waals surface area contributed by atoms with E-state index in [1.54, 1.807) is 48.5 Å². The number of carbonyl (C=O) groups excluding carboxylic acids is 2. The second kappa shape index (κ2) is 11.3. The van der Waals surface area contributed by atoms with E-state index < -0.39 is 17.7 Å². The van der Waals surface area contributed by atoms with E-state index in [-0.39, 0.29) is 16.7 Å². The molecule has 4 rings (SSSR count). The van der Waals surface area contributed by atoms with E-state index in [9.17, 15) is 14.7 Å². The van der Waals surface area contributed by atoms with Gasteiger partial charge in [0, 0.05) is 21.8 Å². The van der Waals surface area contributed by atoms with E-state index in [1.807, 2.05) is 40.7 Å². The van der Waals surface area contributed by atoms with Gasteiger partial charge in [-0.1, -0.05) is 44.5 Å². The number of hydrogen-bond donors (Lipinski definition) is 1. The molecule has 0 aliphatic carbocycles. The number of ether oxygens (including phenoxy) is 3. The highest BCUT2D eigenvalue weighted by Crippen LogP contribution is 2.46. The molecular formula is C32H34ClNO6. The molecule has 40 heavy (non-hydrogen) atoms. The summed E-state index contributed by atoms with van der Waals surface area (Å²) < 4.78 is 16.7. The average Bonchev–Trinajstić information content (AvgIpc) is 3.18. The number of halogens is 1. The largest absolute Gasteiger partial charge is 0.507 e. The highest BCUT2D eigenvalue weighted by Gasteiger charge is 2.47. The topological polar surface area (TPSA) is 85.3 Å². The van der Waals surface area contributed by atoms with Crippen molar-refractivity contribution in [2.75, 3.05) is 25.7 Å². The van der Waals surface area contributed by atoms with Crippen molar-refractivity contribution in [1.82, 2.24) is 0 Å². The zero-order valence-electron chi connectivity index (χ0n) is 23.8. The van der Waals surface area contributed by atoms with Crippen LogP contribution in [0.3, 0.4) is 0 Å². The summed E-state index contributed by atoms with van der Waals surface area (Å²) in [5.41, 5.74) is 2.68. The van der Waals surface area contributed by atoms with Gasteiger partial charge in [-0.25, -0.2) is 0 Å². The first-order valence-electron chi connectivity index (χ1n) is 13.0. The first kappa shape index (κ1) is 29.0. The van der Waals surface area contributed by atoms with Gasteiger partial charge in [-0.3, -0.25) is 14.5 Å². The Morgan fingerprint density at radius 3 is 2.25 bits per heavy atom. The fraction of sp³-hybridized carbons (Fsp3) is 0.312. The highest BCUT2D eigenvalue weighted by molar-refractivity contribution is 6.52. The van der Waals surface area contributed by atoms with Crippen LogP contribution >= 0.6 is 11.6 Å². The van der Waals surface area contributed by atoms with Gasteiger partial charge in [0.15, 0.2) is 11.5 Å². The molecule has 0 saturated carbocycles. The van der Waals surface area contributed by atoms with Gasteiger partial charge in [-0.05, 0) is 72.9 Å². The number of aliphatic hydroxyl groups is 1. The molecule has 0 aromatic heterocycles. The predicted octanol–water partition coefficient (Wildman–Crippen LogP) is 6.99. The molecule has 0 radical (unpaired) electrons. The number of aliphatic hydroxyl groups excluding tert-OH is 1. The van der Waals surface area contributed by atoms with Crippen LogP contribution in [0.25, 0.3) is 5.76 Å². The maximum atomic E-state index is 13.7. The summed E-state index contributed by atoms with van der Waals surface area (Å²) in [5, 5.41) is 12.1. The Labute approximate surface area is 239 Å². The summed E-state index contributed by atoms with van der Waals surface area (Å²) in [6, 6.07) is 14.6. The number of carbonyl (C=O) groups is 2. The molecule has 1 aliphatic heterocycles. The van der Waals surface area contributed by atoms with Crippen molar-refractivity contribution in [2.24, 2.45) is 0 Å². The quantitative estimate of drug-likeness (QED) is 0.189. The molecule has 3 aromatic carbocycles. The molecule has 3 aromatic rings. The third-order valence-corrected chi connectivity index (χ3v) is 7.19. The molecule has 0 bridgehead atoms. The number of aryl methyl sites for hydroxylation is 1. The highest BCUT2D eigenvalue weighted by atomic mass is 35.5. The van der Waals surface area contributed by atoms with Crippen molar-refractivity contribution >= 4 is 34.7 Å². The second-order valence-electron chi connectivity index (χ2n) is 10.6. The number of rotatable bonds is 7. The molecule has 8 heteroatoms. The fourth-order valence-electron chi connectivity index (χ4n) is 4.96. The van der Waals surface area contributed by atoms with Crippen LogP contribution in [0.15, 0.2) is 60.2 Å². The molecule has 1 saturated heterocycles. The summed E-state index contributed by atoms with van der Waals surface area (Å²) in [6.07, 6.45) is 0. The Balaban J connectivity index is 2.01. The van der Waals surface area contributed by atoms with Crippen molar-refractivity contribution in [2.45, 2.75) is 46.1 Å². The number of ketones is 1. The van der Waals surface area contributed by atoms with E-state index >= 15 is 0 Å². The fourth-order valence-corrected chi connectivity index (χ4v) is 5.13. The zero-order chi connectivity index (χ0) is 29.4. The lowest BCUT2D eigenvalue weighted by Crippen LogP contribution is -2.30. The van der Waals surface area contributed by atoms with Crippen LogP contribution in [0.5, 0.6) is 17.2 Å². The van der Waals surface area contributed by atoms with Crippen LogP contribution in [0.4, 0.5) is 5.69 Å². The van der Waals surface area contributed by atoms with Crippen molar-refractivity contribution in [3.8, 4) is 17.2 Å². The minimum absolute atomic E-state index is 0.0411. The van der Waals surface area contributed by atoms with E-state index in [4.69, 9.17) is 25.8 Å². The van der Waals surface area contributed by atoms with Gasteiger partial charge in [0.1, 0.15) is 11.5 Å². The molecule has 1 N–H and O–H groups in total. The van der Waals surface area contributed by atoms with E-state index in [0.29, 0.717) is 45.7 Å². The molecule has 0 spiro atoms. The maximum Gasteiger partial charge on any atom is 0.300 e. The number of hydrogen-bond acceptors (Lipinski definition) is 6. The Hall–Kier alpha value is -3.97. The monoisotopic (exact) mass is 563 g/mol. The minimum atomic E-state index is -0.957. The Morgan fingerprint density at radius 1 is 0.950 bits per heavy atom. The van der Waals surface area contributed by atoms with Gasteiger partial charge < -0.3 is 19.3 Å². The average molecular weight is 564 g/mol. The number of nitrogens with zero attached hydrogens (tertiary/aromatic N) is 1. The second-order valence-corrected chi connectivity index (χ2v) is 11.0. The summed E-state index contributed by atoms with van der Waals surface area (Å²) >= 11 is 6.32. The third kappa shape index (κ3) is 5.26. The third-order valence-electron chi connectivity index (χ3n) is 6.96. The maximum absolute atomic E-state index is 13.7. The SMILES string of the molecule is CCOc1ccc(/C(O)=C2\C(=O)C(=O)N(c3cc(Cl)ccc3C)C2c2ccc(OC)c(OC)c2)cc1C(C)(C)C. The number of amides is 1. The molecule has 7 nitrogen and oxygen atoms in total. The number of benzene rings is 3. The normalized spacial score (nSPS) is 16.8. The summed E-state index contributed by atoms with van der Waals surface area (Å²) in [5.74, 6) is -0.253. The van der Waals surface area contributed by atoms with Crippen molar-refractivity contribution in [3.05, 3.63) is 87.4 Å². The molecule has 210 valence electrons. The van der Waals surface area contributed by atoms with Gasteiger partial charge in [0.05, 0.1) is 32.4 Å².